The first-order valence-corrected chi connectivity index (χ1v) is 14.1. The third-order valence-corrected chi connectivity index (χ3v) is 7.05. The zero-order valence-electron chi connectivity index (χ0n) is 23.6. The minimum atomic E-state index is -0.654. The van der Waals surface area contributed by atoms with Crippen LogP contribution < -0.4 is 25.8 Å². The highest BCUT2D eigenvalue weighted by atomic mass is 16.5. The second-order valence-corrected chi connectivity index (χ2v) is 10.5. The van der Waals surface area contributed by atoms with E-state index in [1.54, 1.807) is 42.5 Å². The number of nitrogens with zero attached hydrogens (tertiary/aromatic N) is 1. The molecular weight excluding hydrogens is 504 g/mol. The molecule has 3 aromatic carbocycles. The van der Waals surface area contributed by atoms with Crippen LogP contribution in [0.15, 0.2) is 66.7 Å². The van der Waals surface area contributed by atoms with Crippen LogP contribution in [-0.2, 0) is 0 Å². The predicted molar refractivity (Wildman–Crippen MR) is 160 cm³/mol. The Balaban J connectivity index is 1.32. The summed E-state index contributed by atoms with van der Waals surface area (Å²) in [6.07, 6.45) is 4.74. The zero-order valence-corrected chi connectivity index (χ0v) is 23.6. The molecule has 3 amide bonds. The highest BCUT2D eigenvalue weighted by Crippen LogP contribution is 2.36. The number of unbranched alkanes of at least 4 members (excludes halogenated alkanes) is 1. The summed E-state index contributed by atoms with van der Waals surface area (Å²) in [5, 5.41) is 5.60. The number of primary amides is 1. The van der Waals surface area contributed by atoms with E-state index in [4.69, 9.17) is 15.2 Å². The monoisotopic (exact) mass is 544 g/mol. The average molecular weight is 545 g/mol. The number of anilines is 2. The third kappa shape index (κ3) is 7.99. The standard InChI is InChI=1S/C32H40N4O4/c1-4-5-19-36-20-17-27(18-21-36)39-25-13-9-23(10-14-25)31(37)34-24-11-15-26(16-12-24)40-29-8-6-7-28(22(2)3)30(29)35-32(33)38/h6-16,22,27H,4-5,17-21H2,1-3H3,(H,34,37)(H3,33,35,38). The van der Waals surface area contributed by atoms with Gasteiger partial charge in [-0.25, -0.2) is 4.79 Å². The van der Waals surface area contributed by atoms with Gasteiger partial charge in [0.2, 0.25) is 0 Å². The summed E-state index contributed by atoms with van der Waals surface area (Å²) in [7, 11) is 0. The molecule has 0 saturated carbocycles. The van der Waals surface area contributed by atoms with Crippen LogP contribution >= 0.6 is 0 Å². The van der Waals surface area contributed by atoms with Gasteiger partial charge < -0.3 is 30.7 Å². The van der Waals surface area contributed by atoms with Crippen molar-refractivity contribution in [3.63, 3.8) is 0 Å². The van der Waals surface area contributed by atoms with Gasteiger partial charge in [-0.1, -0.05) is 39.3 Å². The zero-order chi connectivity index (χ0) is 28.5. The number of benzene rings is 3. The smallest absolute Gasteiger partial charge is 0.316 e. The van der Waals surface area contributed by atoms with Gasteiger partial charge in [-0.15, -0.1) is 0 Å². The van der Waals surface area contributed by atoms with Crippen molar-refractivity contribution in [3.8, 4) is 17.2 Å². The molecule has 4 rings (SSSR count). The van der Waals surface area contributed by atoms with Crippen LogP contribution in [-0.4, -0.2) is 42.6 Å². The SMILES string of the molecule is CCCCN1CCC(Oc2ccc(C(=O)Nc3ccc(Oc4cccc(C(C)C)c4NC(N)=O)cc3)cc2)CC1. The second-order valence-electron chi connectivity index (χ2n) is 10.5. The Kier molecular flexibility index (Phi) is 10.0. The maximum absolute atomic E-state index is 12.8. The number of para-hydroxylation sites is 1. The molecular formula is C32H40N4O4. The minimum Gasteiger partial charge on any atom is -0.490 e. The van der Waals surface area contributed by atoms with E-state index in [9.17, 15) is 9.59 Å². The molecule has 40 heavy (non-hydrogen) atoms. The van der Waals surface area contributed by atoms with Gasteiger partial charge in [0.25, 0.3) is 5.91 Å². The number of rotatable bonds is 11. The predicted octanol–water partition coefficient (Wildman–Crippen LogP) is 6.99. The summed E-state index contributed by atoms with van der Waals surface area (Å²) in [6.45, 7) is 9.60. The van der Waals surface area contributed by atoms with Gasteiger partial charge in [0, 0.05) is 24.3 Å². The number of hydrogen-bond donors (Lipinski definition) is 3. The highest BCUT2D eigenvalue weighted by molar-refractivity contribution is 6.04. The summed E-state index contributed by atoms with van der Waals surface area (Å²) in [5.41, 5.74) is 8.04. The second kappa shape index (κ2) is 13.8. The summed E-state index contributed by atoms with van der Waals surface area (Å²) in [6, 6.07) is 19.3. The Hall–Kier alpha value is -4.04. The van der Waals surface area contributed by atoms with Crippen molar-refractivity contribution in [1.82, 2.24) is 4.90 Å². The number of nitrogens with two attached hydrogens (primary N) is 1. The first-order chi connectivity index (χ1) is 19.3. The number of urea groups is 1. The summed E-state index contributed by atoms with van der Waals surface area (Å²) in [4.78, 5) is 26.9. The first kappa shape index (κ1) is 29.0. The molecule has 0 atom stereocenters. The van der Waals surface area contributed by atoms with E-state index in [0.29, 0.717) is 28.4 Å². The molecule has 1 heterocycles. The van der Waals surface area contributed by atoms with Crippen molar-refractivity contribution in [3.05, 3.63) is 77.9 Å². The molecule has 1 saturated heterocycles. The molecule has 0 bridgehead atoms. The van der Waals surface area contributed by atoms with Crippen molar-refractivity contribution in [2.45, 2.75) is 58.5 Å². The largest absolute Gasteiger partial charge is 0.490 e. The Labute approximate surface area is 236 Å². The van der Waals surface area contributed by atoms with Crippen LogP contribution in [0.3, 0.4) is 0 Å². The van der Waals surface area contributed by atoms with Crippen LogP contribution in [0, 0.1) is 0 Å². The molecule has 0 aromatic heterocycles. The molecule has 3 aromatic rings. The minimum absolute atomic E-state index is 0.164. The van der Waals surface area contributed by atoms with E-state index >= 15 is 0 Å². The molecule has 0 radical (unpaired) electrons. The van der Waals surface area contributed by atoms with Crippen molar-refractivity contribution >= 4 is 23.3 Å². The quantitative estimate of drug-likeness (QED) is 0.241. The van der Waals surface area contributed by atoms with E-state index in [2.05, 4.69) is 22.5 Å². The lowest BCUT2D eigenvalue weighted by Gasteiger charge is -2.32. The van der Waals surface area contributed by atoms with Gasteiger partial charge in [-0.3, -0.25) is 4.79 Å². The van der Waals surface area contributed by atoms with Crippen LogP contribution in [0.4, 0.5) is 16.2 Å². The Bertz CT molecular complexity index is 1270. The van der Waals surface area contributed by atoms with E-state index in [0.717, 1.165) is 37.2 Å². The number of hydrogen-bond acceptors (Lipinski definition) is 5. The fraction of sp³-hybridized carbons (Fsp3) is 0.375. The van der Waals surface area contributed by atoms with E-state index in [1.807, 2.05) is 38.1 Å². The number of ether oxygens (including phenoxy) is 2. The Morgan fingerprint density at radius 3 is 2.25 bits per heavy atom. The van der Waals surface area contributed by atoms with Crippen molar-refractivity contribution in [2.24, 2.45) is 5.73 Å². The molecule has 0 unspecified atom stereocenters. The first-order valence-electron chi connectivity index (χ1n) is 14.1. The van der Waals surface area contributed by atoms with Gasteiger partial charge in [-0.2, -0.15) is 0 Å². The van der Waals surface area contributed by atoms with Crippen LogP contribution in [0.1, 0.15) is 68.3 Å². The van der Waals surface area contributed by atoms with Crippen LogP contribution in [0.2, 0.25) is 0 Å². The van der Waals surface area contributed by atoms with Gasteiger partial charge in [0.05, 0.1) is 5.69 Å². The highest BCUT2D eigenvalue weighted by Gasteiger charge is 2.20. The van der Waals surface area contributed by atoms with E-state index < -0.39 is 6.03 Å². The fourth-order valence-electron chi connectivity index (χ4n) is 4.82. The molecule has 0 spiro atoms. The maximum Gasteiger partial charge on any atom is 0.316 e. The molecule has 1 aliphatic heterocycles. The maximum atomic E-state index is 12.8. The van der Waals surface area contributed by atoms with Crippen molar-refractivity contribution < 1.29 is 19.1 Å². The number of carbonyl (C=O) groups excluding carboxylic acids is 2. The third-order valence-electron chi connectivity index (χ3n) is 7.05. The molecule has 1 aliphatic rings. The molecule has 1 fully saturated rings. The molecule has 212 valence electrons. The summed E-state index contributed by atoms with van der Waals surface area (Å²) in [5.74, 6) is 1.80. The van der Waals surface area contributed by atoms with E-state index in [1.165, 1.54) is 19.4 Å². The van der Waals surface area contributed by atoms with Gasteiger partial charge in [0.1, 0.15) is 17.6 Å². The average Bonchev–Trinajstić information content (AvgIpc) is 2.94. The molecule has 8 nitrogen and oxygen atoms in total. The lowest BCUT2D eigenvalue weighted by molar-refractivity contribution is 0.0996. The van der Waals surface area contributed by atoms with E-state index in [-0.39, 0.29) is 17.9 Å². The Morgan fingerprint density at radius 2 is 1.62 bits per heavy atom. The van der Waals surface area contributed by atoms with Crippen LogP contribution in [0.25, 0.3) is 0 Å². The van der Waals surface area contributed by atoms with Gasteiger partial charge >= 0.3 is 6.03 Å². The molecule has 0 aliphatic carbocycles. The topological polar surface area (TPSA) is 106 Å². The Morgan fingerprint density at radius 1 is 0.950 bits per heavy atom. The lowest BCUT2D eigenvalue weighted by atomic mass is 10.0. The molecule has 8 heteroatoms. The fourth-order valence-corrected chi connectivity index (χ4v) is 4.82. The van der Waals surface area contributed by atoms with Crippen molar-refractivity contribution in [1.29, 1.82) is 0 Å². The van der Waals surface area contributed by atoms with Gasteiger partial charge in [0.15, 0.2) is 5.75 Å². The normalized spacial score (nSPS) is 14.1. The number of amides is 3. The van der Waals surface area contributed by atoms with Crippen LogP contribution in [0.5, 0.6) is 17.2 Å². The number of likely N-dealkylation sites (tertiary alicyclic amines) is 1. The number of carbonyl (C=O) groups is 2. The summed E-state index contributed by atoms with van der Waals surface area (Å²) >= 11 is 0. The van der Waals surface area contributed by atoms with Crippen molar-refractivity contribution in [2.75, 3.05) is 30.3 Å². The van der Waals surface area contributed by atoms with Gasteiger partial charge in [-0.05, 0) is 91.9 Å². The molecule has 4 N–H and O–H groups in total. The lowest BCUT2D eigenvalue weighted by Crippen LogP contribution is -2.38. The number of piperidine rings is 1. The summed E-state index contributed by atoms with van der Waals surface area (Å²) < 4.78 is 12.2. The number of nitrogens with one attached hydrogen (secondary N) is 2.